The molecule has 13 nitrogen and oxygen atoms in total. The monoisotopic (exact) mass is 667 g/mol. The third-order valence-electron chi connectivity index (χ3n) is 6.22. The number of methoxy groups -OCH3 is 1. The zero-order valence-corrected chi connectivity index (χ0v) is 27.3. The van der Waals surface area contributed by atoms with E-state index in [0.717, 1.165) is 13.2 Å². The highest BCUT2D eigenvalue weighted by Gasteiger charge is 2.34. The average molecular weight is 668 g/mol. The van der Waals surface area contributed by atoms with Crippen molar-refractivity contribution in [3.05, 3.63) is 81.4 Å². The summed E-state index contributed by atoms with van der Waals surface area (Å²) in [6, 6.07) is 9.21. The number of amides is 2. The Balaban J connectivity index is 1.93. The number of nitrogens with zero attached hydrogens (tertiary/aromatic N) is 4. The topological polar surface area (TPSA) is 163 Å². The molecule has 246 valence electrons. The second-order valence-electron chi connectivity index (χ2n) is 12.1. The van der Waals surface area contributed by atoms with Crippen LogP contribution in [0.5, 0.6) is 0 Å². The maximum atomic E-state index is 15.0. The van der Waals surface area contributed by atoms with Crippen LogP contribution in [0, 0.1) is 15.9 Å². The molecule has 47 heavy (non-hydrogen) atoms. The first kappa shape index (κ1) is 34.5. The van der Waals surface area contributed by atoms with Gasteiger partial charge in [0.2, 0.25) is 0 Å². The van der Waals surface area contributed by atoms with Crippen LogP contribution < -0.4 is 10.2 Å². The fraction of sp³-hybridized carbons (Fsp3) is 0.281. The fourth-order valence-electron chi connectivity index (χ4n) is 4.40. The largest absolute Gasteiger partial charge is 0.465 e. The van der Waals surface area contributed by atoms with Crippen LogP contribution in [-0.4, -0.2) is 51.4 Å². The highest BCUT2D eigenvalue weighted by Crippen LogP contribution is 2.39. The Bertz CT molecular complexity index is 1880. The number of hydrogen-bond acceptors (Lipinski definition) is 11. The van der Waals surface area contributed by atoms with Crippen LogP contribution in [0.25, 0.3) is 22.0 Å². The van der Waals surface area contributed by atoms with Crippen molar-refractivity contribution in [2.24, 2.45) is 0 Å². The van der Waals surface area contributed by atoms with E-state index in [9.17, 15) is 24.5 Å². The lowest BCUT2D eigenvalue weighted by Crippen LogP contribution is -2.44. The number of carbonyl (C=O) groups excluding carboxylic acids is 3. The van der Waals surface area contributed by atoms with E-state index in [4.69, 9.17) is 25.8 Å². The molecule has 4 aromatic rings. The van der Waals surface area contributed by atoms with Crippen molar-refractivity contribution >= 4 is 63.5 Å². The number of esters is 1. The van der Waals surface area contributed by atoms with E-state index in [2.05, 4.69) is 15.3 Å². The van der Waals surface area contributed by atoms with Gasteiger partial charge < -0.3 is 19.5 Å². The summed E-state index contributed by atoms with van der Waals surface area (Å²) < 4.78 is 30.7. The molecule has 1 N–H and O–H groups in total. The van der Waals surface area contributed by atoms with Crippen molar-refractivity contribution in [2.75, 3.05) is 17.3 Å². The molecule has 4 rings (SSSR count). The predicted molar refractivity (Wildman–Crippen MR) is 173 cm³/mol. The number of fused-ring (bicyclic) bond motifs is 1. The van der Waals surface area contributed by atoms with Crippen molar-refractivity contribution < 1.29 is 37.9 Å². The predicted octanol–water partition coefficient (Wildman–Crippen LogP) is 8.20. The Hall–Kier alpha value is -5.37. The lowest BCUT2D eigenvalue weighted by molar-refractivity contribution is -0.384. The van der Waals surface area contributed by atoms with Crippen LogP contribution in [0.4, 0.5) is 36.9 Å². The average Bonchev–Trinajstić information content (AvgIpc) is 2.96. The zero-order valence-electron chi connectivity index (χ0n) is 26.5. The highest BCUT2D eigenvalue weighted by molar-refractivity contribution is 6.35. The van der Waals surface area contributed by atoms with E-state index in [1.54, 1.807) is 41.5 Å². The molecule has 0 aliphatic rings. The van der Waals surface area contributed by atoms with Gasteiger partial charge in [0.25, 0.3) is 0 Å². The molecular formula is C32H31ClFN5O8. The number of hydrogen-bond donors (Lipinski definition) is 1. The number of nitro benzene ring substituents is 1. The van der Waals surface area contributed by atoms with Crippen LogP contribution in [-0.2, 0) is 14.2 Å². The summed E-state index contributed by atoms with van der Waals surface area (Å²) in [5, 5.41) is 15.3. The number of nitro groups is 1. The summed E-state index contributed by atoms with van der Waals surface area (Å²) in [7, 11) is 1.06. The minimum Gasteiger partial charge on any atom is -0.465 e. The van der Waals surface area contributed by atoms with Gasteiger partial charge in [-0.25, -0.2) is 23.8 Å². The van der Waals surface area contributed by atoms with Crippen molar-refractivity contribution in [3.63, 3.8) is 0 Å². The molecule has 0 fully saturated rings. The molecule has 15 heteroatoms. The summed E-state index contributed by atoms with van der Waals surface area (Å²) in [5.41, 5.74) is -2.64. The van der Waals surface area contributed by atoms with Crippen molar-refractivity contribution in [1.82, 2.24) is 9.97 Å². The molecule has 0 spiro atoms. The van der Waals surface area contributed by atoms with Crippen LogP contribution in [0.2, 0.25) is 5.02 Å². The Morgan fingerprint density at radius 2 is 1.51 bits per heavy atom. The summed E-state index contributed by atoms with van der Waals surface area (Å²) in [6.45, 7) is 9.71. The van der Waals surface area contributed by atoms with Gasteiger partial charge in [0.1, 0.15) is 34.1 Å². The van der Waals surface area contributed by atoms with Crippen LogP contribution in [0.3, 0.4) is 0 Å². The van der Waals surface area contributed by atoms with Gasteiger partial charge in [-0.3, -0.25) is 15.1 Å². The normalized spacial score (nSPS) is 11.5. The van der Waals surface area contributed by atoms with E-state index in [-0.39, 0.29) is 44.2 Å². The number of benzene rings is 2. The van der Waals surface area contributed by atoms with Gasteiger partial charge in [-0.15, -0.1) is 0 Å². The second-order valence-corrected chi connectivity index (χ2v) is 12.5. The molecular weight excluding hydrogens is 637 g/mol. The number of halogens is 2. The molecule has 0 atom stereocenters. The first-order chi connectivity index (χ1) is 21.9. The quantitative estimate of drug-likeness (QED) is 0.0912. The maximum Gasteiger partial charge on any atom is 0.425 e. The fourth-order valence-corrected chi connectivity index (χ4v) is 4.60. The van der Waals surface area contributed by atoms with Crippen molar-refractivity contribution in [1.29, 1.82) is 0 Å². The molecule has 0 radical (unpaired) electrons. The number of nitrogens with one attached hydrogen (secondary N) is 1. The Kier molecular flexibility index (Phi) is 9.66. The molecule has 2 aromatic heterocycles. The smallest absolute Gasteiger partial charge is 0.425 e. The Morgan fingerprint density at radius 1 is 0.894 bits per heavy atom. The number of carbonyl (C=O) groups is 3. The summed E-state index contributed by atoms with van der Waals surface area (Å²) in [5.74, 6) is -1.93. The van der Waals surface area contributed by atoms with Crippen LogP contribution in [0.1, 0.15) is 51.9 Å². The van der Waals surface area contributed by atoms with Crippen LogP contribution in [0.15, 0.2) is 54.9 Å². The Labute approximate surface area is 273 Å². The van der Waals surface area contributed by atoms with Gasteiger partial charge in [-0.05, 0) is 95.1 Å². The molecule has 0 unspecified atom stereocenters. The third-order valence-corrected chi connectivity index (χ3v) is 6.52. The maximum absolute atomic E-state index is 15.0. The first-order valence-electron chi connectivity index (χ1n) is 14.0. The van der Waals surface area contributed by atoms with Gasteiger partial charge in [0.05, 0.1) is 33.6 Å². The second kappa shape index (κ2) is 13.2. The molecule has 0 aliphatic carbocycles. The van der Waals surface area contributed by atoms with E-state index >= 15 is 4.39 Å². The molecule has 0 bridgehead atoms. The van der Waals surface area contributed by atoms with E-state index in [1.807, 2.05) is 0 Å². The molecule has 2 aromatic carbocycles. The summed E-state index contributed by atoms with van der Waals surface area (Å²) in [6.07, 6.45) is 0.488. The number of ether oxygens (including phenoxy) is 3. The minimum absolute atomic E-state index is 0.0455. The number of rotatable bonds is 6. The molecule has 2 amide bonds. The summed E-state index contributed by atoms with van der Waals surface area (Å²) in [4.78, 5) is 59.8. The van der Waals surface area contributed by atoms with Gasteiger partial charge in [-0.2, -0.15) is 4.90 Å². The highest BCUT2D eigenvalue weighted by atomic mass is 35.5. The van der Waals surface area contributed by atoms with E-state index in [0.29, 0.717) is 4.90 Å². The van der Waals surface area contributed by atoms with E-state index < -0.39 is 51.3 Å². The lowest BCUT2D eigenvalue weighted by Gasteiger charge is -2.28. The number of aromatic nitrogens is 2. The van der Waals surface area contributed by atoms with Gasteiger partial charge in [-0.1, -0.05) is 11.6 Å². The number of imide groups is 1. The number of anilines is 3. The standard InChI is InChI=1S/C32H31ClFN5O8/c1-31(2,3)46-29(41)38(30(42)47-32(4,5)6)24-16-17(10-12-35-24)18-14-19(28(40)45-7)27(39(43)44)23(15-18)37-22-11-13-36-26-20(33)8-9-21(34)25(22)26/h8-16H,1-7H3,(H,36,37). The zero-order chi connectivity index (χ0) is 34.8. The van der Waals surface area contributed by atoms with Gasteiger partial charge >= 0.3 is 23.8 Å². The third kappa shape index (κ3) is 7.90. The SMILES string of the molecule is COC(=O)c1cc(-c2ccnc(N(C(=O)OC(C)(C)C)C(=O)OC(C)(C)C)c2)cc(Nc2ccnc3c(Cl)ccc(F)c23)c1[N+](=O)[O-]. The first-order valence-corrected chi connectivity index (χ1v) is 14.4. The van der Waals surface area contributed by atoms with Crippen molar-refractivity contribution in [2.45, 2.75) is 52.7 Å². The van der Waals surface area contributed by atoms with E-state index in [1.165, 1.54) is 48.8 Å². The molecule has 0 aliphatic heterocycles. The molecule has 0 saturated carbocycles. The van der Waals surface area contributed by atoms with Gasteiger partial charge in [0.15, 0.2) is 0 Å². The van der Waals surface area contributed by atoms with Crippen molar-refractivity contribution in [3.8, 4) is 11.1 Å². The van der Waals surface area contributed by atoms with Gasteiger partial charge in [0, 0.05) is 12.4 Å². The van der Waals surface area contributed by atoms with Crippen LogP contribution >= 0.6 is 11.6 Å². The lowest BCUT2D eigenvalue weighted by atomic mass is 10.00. The molecule has 2 heterocycles. The summed E-state index contributed by atoms with van der Waals surface area (Å²) >= 11 is 6.23. The molecule has 0 saturated heterocycles. The number of pyridine rings is 2. The Morgan fingerprint density at radius 3 is 2.09 bits per heavy atom. The minimum atomic E-state index is -1.07.